The number of nitrogens with two attached hydrogens (primary N) is 1. The van der Waals surface area contributed by atoms with Gasteiger partial charge in [-0.1, -0.05) is 41.9 Å². The Balaban J connectivity index is 2.26. The highest BCUT2D eigenvalue weighted by molar-refractivity contribution is 6.34. The Morgan fingerprint density at radius 1 is 1.17 bits per heavy atom. The Kier molecular flexibility index (Phi) is 4.92. The summed E-state index contributed by atoms with van der Waals surface area (Å²) in [5.41, 5.74) is 5.62. The Morgan fingerprint density at radius 2 is 1.83 bits per heavy atom. The lowest BCUT2D eigenvalue weighted by Gasteiger charge is -2.16. The van der Waals surface area contributed by atoms with E-state index in [1.54, 1.807) is 30.3 Å². The normalized spacial score (nSPS) is 11.5. The van der Waals surface area contributed by atoms with E-state index in [0.717, 1.165) is 12.1 Å². The molecule has 2 aromatic carbocycles. The predicted molar refractivity (Wildman–Crippen MR) is 84.0 cm³/mol. The molecule has 0 spiro atoms. The minimum Gasteiger partial charge on any atom is -0.368 e. The first-order valence-corrected chi connectivity index (χ1v) is 6.87. The monoisotopic (exact) mass is 333 g/mol. The molecular weight excluding hydrogens is 322 g/mol. The SMILES string of the molecule is NC(=O)C(NC(=O)c1ccc([N+](=O)[O-])cc1Cl)c1ccccc1. The first-order valence-electron chi connectivity index (χ1n) is 6.49. The van der Waals surface area contributed by atoms with Gasteiger partial charge in [-0.05, 0) is 11.6 Å². The first kappa shape index (κ1) is 16.4. The summed E-state index contributed by atoms with van der Waals surface area (Å²) in [7, 11) is 0. The molecule has 2 amide bonds. The summed E-state index contributed by atoms with van der Waals surface area (Å²) < 4.78 is 0. The van der Waals surface area contributed by atoms with Gasteiger partial charge < -0.3 is 11.1 Å². The Hall–Kier alpha value is -2.93. The van der Waals surface area contributed by atoms with Crippen LogP contribution in [0.2, 0.25) is 5.02 Å². The van der Waals surface area contributed by atoms with Crippen molar-refractivity contribution in [2.24, 2.45) is 5.73 Å². The van der Waals surface area contributed by atoms with Gasteiger partial charge in [-0.15, -0.1) is 0 Å². The van der Waals surface area contributed by atoms with Gasteiger partial charge in [0.2, 0.25) is 5.91 Å². The molecule has 0 saturated heterocycles. The quantitative estimate of drug-likeness (QED) is 0.644. The lowest BCUT2D eigenvalue weighted by Crippen LogP contribution is -2.37. The summed E-state index contributed by atoms with van der Waals surface area (Å²) in [5, 5.41) is 13.1. The second kappa shape index (κ2) is 6.89. The molecule has 118 valence electrons. The Labute approximate surface area is 136 Å². The minimum atomic E-state index is -1.03. The van der Waals surface area contributed by atoms with Crippen LogP contribution in [0, 0.1) is 10.1 Å². The van der Waals surface area contributed by atoms with Gasteiger partial charge in [-0.25, -0.2) is 0 Å². The van der Waals surface area contributed by atoms with Crippen LogP contribution < -0.4 is 11.1 Å². The summed E-state index contributed by atoms with van der Waals surface area (Å²) >= 11 is 5.90. The van der Waals surface area contributed by atoms with E-state index in [4.69, 9.17) is 17.3 Å². The molecule has 0 aliphatic heterocycles. The van der Waals surface area contributed by atoms with Crippen molar-refractivity contribution >= 4 is 29.1 Å². The fourth-order valence-corrected chi connectivity index (χ4v) is 2.24. The van der Waals surface area contributed by atoms with Crippen LogP contribution in [0.3, 0.4) is 0 Å². The van der Waals surface area contributed by atoms with Gasteiger partial charge >= 0.3 is 0 Å². The molecule has 1 unspecified atom stereocenters. The number of benzene rings is 2. The molecule has 0 heterocycles. The maximum absolute atomic E-state index is 12.3. The van der Waals surface area contributed by atoms with Gasteiger partial charge in [0.1, 0.15) is 6.04 Å². The van der Waals surface area contributed by atoms with E-state index < -0.39 is 22.8 Å². The van der Waals surface area contributed by atoms with Gasteiger partial charge in [0.05, 0.1) is 15.5 Å². The Bertz CT molecular complexity index is 765. The van der Waals surface area contributed by atoms with Gasteiger partial charge in [0.25, 0.3) is 11.6 Å². The standard InChI is InChI=1S/C15H12ClN3O4/c16-12-8-10(19(22)23)6-7-11(12)15(21)18-13(14(17)20)9-4-2-1-3-5-9/h1-8,13H,(H2,17,20)(H,18,21). The number of hydrogen-bond acceptors (Lipinski definition) is 4. The highest BCUT2D eigenvalue weighted by Crippen LogP contribution is 2.23. The van der Waals surface area contributed by atoms with Crippen LogP contribution in [-0.2, 0) is 4.79 Å². The molecule has 0 aliphatic rings. The van der Waals surface area contributed by atoms with Crippen LogP contribution in [0.1, 0.15) is 22.0 Å². The third-order valence-electron chi connectivity index (χ3n) is 3.10. The van der Waals surface area contributed by atoms with Crippen molar-refractivity contribution in [3.8, 4) is 0 Å². The van der Waals surface area contributed by atoms with Crippen LogP contribution in [-0.4, -0.2) is 16.7 Å². The number of carbonyl (C=O) groups is 2. The van der Waals surface area contributed by atoms with E-state index in [1.807, 2.05) is 0 Å². The summed E-state index contributed by atoms with van der Waals surface area (Å²) in [6, 6.07) is 10.9. The molecule has 0 aliphatic carbocycles. The highest BCUT2D eigenvalue weighted by Gasteiger charge is 2.22. The highest BCUT2D eigenvalue weighted by atomic mass is 35.5. The van der Waals surface area contributed by atoms with E-state index in [9.17, 15) is 19.7 Å². The van der Waals surface area contributed by atoms with E-state index in [-0.39, 0.29) is 16.3 Å². The van der Waals surface area contributed by atoms with Crippen LogP contribution in [0.25, 0.3) is 0 Å². The fraction of sp³-hybridized carbons (Fsp3) is 0.0667. The molecular formula is C15H12ClN3O4. The van der Waals surface area contributed by atoms with Gasteiger partial charge in [0.15, 0.2) is 0 Å². The molecule has 0 bridgehead atoms. The van der Waals surface area contributed by atoms with E-state index >= 15 is 0 Å². The molecule has 8 heteroatoms. The van der Waals surface area contributed by atoms with Crippen LogP contribution >= 0.6 is 11.6 Å². The smallest absolute Gasteiger partial charge is 0.270 e. The molecule has 0 radical (unpaired) electrons. The topological polar surface area (TPSA) is 115 Å². The number of non-ortho nitro benzene ring substituents is 1. The number of nitrogens with one attached hydrogen (secondary N) is 1. The van der Waals surface area contributed by atoms with Gasteiger partial charge in [-0.3, -0.25) is 19.7 Å². The number of hydrogen-bond donors (Lipinski definition) is 2. The molecule has 0 saturated carbocycles. The largest absolute Gasteiger partial charge is 0.368 e. The second-order valence-electron chi connectivity index (χ2n) is 4.64. The van der Waals surface area contributed by atoms with Gasteiger partial charge in [-0.2, -0.15) is 0 Å². The summed E-state index contributed by atoms with van der Waals surface area (Å²) in [6.45, 7) is 0. The number of primary amides is 1. The lowest BCUT2D eigenvalue weighted by atomic mass is 10.1. The summed E-state index contributed by atoms with van der Waals surface area (Å²) in [4.78, 5) is 33.9. The van der Waals surface area contributed by atoms with Crippen molar-refractivity contribution in [1.82, 2.24) is 5.32 Å². The number of rotatable bonds is 5. The molecule has 2 rings (SSSR count). The maximum atomic E-state index is 12.3. The third kappa shape index (κ3) is 3.83. The molecule has 0 aromatic heterocycles. The van der Waals surface area contributed by atoms with Crippen LogP contribution in [0.15, 0.2) is 48.5 Å². The van der Waals surface area contributed by atoms with Crippen molar-refractivity contribution in [2.75, 3.05) is 0 Å². The third-order valence-corrected chi connectivity index (χ3v) is 3.41. The zero-order chi connectivity index (χ0) is 17.0. The molecule has 1 atom stereocenters. The molecule has 3 N–H and O–H groups in total. The first-order chi connectivity index (χ1) is 10.9. The zero-order valence-electron chi connectivity index (χ0n) is 11.7. The summed E-state index contributed by atoms with van der Waals surface area (Å²) in [5.74, 6) is -1.39. The zero-order valence-corrected chi connectivity index (χ0v) is 12.5. The van der Waals surface area contributed by atoms with Crippen molar-refractivity contribution in [2.45, 2.75) is 6.04 Å². The van der Waals surface area contributed by atoms with E-state index in [2.05, 4.69) is 5.32 Å². The van der Waals surface area contributed by atoms with Crippen molar-refractivity contribution in [3.05, 3.63) is 74.8 Å². The molecule has 2 aromatic rings. The Morgan fingerprint density at radius 3 is 2.35 bits per heavy atom. The maximum Gasteiger partial charge on any atom is 0.270 e. The second-order valence-corrected chi connectivity index (χ2v) is 5.05. The van der Waals surface area contributed by atoms with Gasteiger partial charge in [0, 0.05) is 12.1 Å². The van der Waals surface area contributed by atoms with E-state index in [1.165, 1.54) is 6.07 Å². The minimum absolute atomic E-state index is 0.0134. The number of amides is 2. The predicted octanol–water partition coefficient (Wildman–Crippen LogP) is 2.20. The number of nitro benzene ring substituents is 1. The number of carbonyl (C=O) groups excluding carboxylic acids is 2. The number of nitro groups is 1. The van der Waals surface area contributed by atoms with E-state index in [0.29, 0.717) is 5.56 Å². The summed E-state index contributed by atoms with van der Waals surface area (Å²) in [6.07, 6.45) is 0. The van der Waals surface area contributed by atoms with Crippen LogP contribution in [0.5, 0.6) is 0 Å². The van der Waals surface area contributed by atoms with Crippen molar-refractivity contribution in [3.63, 3.8) is 0 Å². The van der Waals surface area contributed by atoms with Crippen molar-refractivity contribution in [1.29, 1.82) is 0 Å². The van der Waals surface area contributed by atoms with Crippen molar-refractivity contribution < 1.29 is 14.5 Å². The fourth-order valence-electron chi connectivity index (χ4n) is 1.97. The number of halogens is 1. The molecule has 0 fully saturated rings. The average molecular weight is 334 g/mol. The molecule has 7 nitrogen and oxygen atoms in total. The van der Waals surface area contributed by atoms with Crippen LogP contribution in [0.4, 0.5) is 5.69 Å². The number of nitrogens with zero attached hydrogens (tertiary/aromatic N) is 1. The molecule has 23 heavy (non-hydrogen) atoms. The lowest BCUT2D eigenvalue weighted by molar-refractivity contribution is -0.384. The average Bonchev–Trinajstić information content (AvgIpc) is 2.52.